The molecule has 0 saturated carbocycles. The molecule has 3 N–H and O–H groups in total. The van der Waals surface area contributed by atoms with Crippen molar-refractivity contribution in [2.75, 3.05) is 5.73 Å². The van der Waals surface area contributed by atoms with Crippen LogP contribution < -0.4 is 5.73 Å². The maximum atomic E-state index is 10.8. The van der Waals surface area contributed by atoms with E-state index >= 15 is 0 Å². The van der Waals surface area contributed by atoms with Crippen LogP contribution in [0.4, 0.5) is 5.69 Å². The first-order chi connectivity index (χ1) is 8.16. The van der Waals surface area contributed by atoms with Gasteiger partial charge in [0.2, 0.25) is 0 Å². The van der Waals surface area contributed by atoms with E-state index in [0.717, 1.165) is 0 Å². The van der Waals surface area contributed by atoms with Gasteiger partial charge in [0.05, 0.1) is 5.69 Å². The van der Waals surface area contributed by atoms with Gasteiger partial charge in [-0.15, -0.1) is 0 Å². The second kappa shape index (κ2) is 4.79. The van der Waals surface area contributed by atoms with Gasteiger partial charge in [-0.05, 0) is 30.0 Å². The van der Waals surface area contributed by atoms with Crippen molar-refractivity contribution in [2.24, 2.45) is 0 Å². The molecule has 6 nitrogen and oxygen atoms in total. The van der Waals surface area contributed by atoms with Crippen LogP contribution in [0.5, 0.6) is 0 Å². The number of nitrogens with zero attached hydrogens (tertiary/aromatic N) is 3. The minimum Gasteiger partial charge on any atom is -0.477 e. The Bertz CT molecular complexity index is 547. The monoisotopic (exact) mass is 248 g/mol. The molecule has 0 atom stereocenters. The molecule has 0 aliphatic carbocycles. The third-order valence-corrected chi connectivity index (χ3v) is 2.84. The molecule has 2 aromatic heterocycles. The average Bonchev–Trinajstić information content (AvgIpc) is 2.33. The normalized spacial score (nSPS) is 10.1. The van der Waals surface area contributed by atoms with Crippen molar-refractivity contribution >= 4 is 23.4 Å². The molecule has 0 aromatic carbocycles. The highest BCUT2D eigenvalue weighted by Crippen LogP contribution is 2.28. The van der Waals surface area contributed by atoms with Gasteiger partial charge in [0.1, 0.15) is 22.1 Å². The van der Waals surface area contributed by atoms with Crippen molar-refractivity contribution in [2.45, 2.75) is 10.1 Å². The van der Waals surface area contributed by atoms with Gasteiger partial charge in [-0.3, -0.25) is 0 Å². The van der Waals surface area contributed by atoms with E-state index in [2.05, 4.69) is 15.0 Å². The molecule has 86 valence electrons. The van der Waals surface area contributed by atoms with E-state index in [1.54, 1.807) is 12.3 Å². The number of anilines is 1. The van der Waals surface area contributed by atoms with Crippen LogP contribution in [0, 0.1) is 0 Å². The molecule has 0 bridgehead atoms. The smallest absolute Gasteiger partial charge is 0.354 e. The maximum absolute atomic E-state index is 10.8. The maximum Gasteiger partial charge on any atom is 0.354 e. The number of carbonyl (C=O) groups is 1. The van der Waals surface area contributed by atoms with Crippen LogP contribution >= 0.6 is 11.8 Å². The molecule has 0 radical (unpaired) electrons. The second-order valence-corrected chi connectivity index (χ2v) is 4.05. The molecule has 2 rings (SSSR count). The van der Waals surface area contributed by atoms with Crippen LogP contribution in [0.25, 0.3) is 0 Å². The molecule has 0 aliphatic rings. The first-order valence-corrected chi connectivity index (χ1v) is 5.42. The Morgan fingerprint density at radius 3 is 2.82 bits per heavy atom. The summed E-state index contributed by atoms with van der Waals surface area (Å²) >= 11 is 1.20. The van der Waals surface area contributed by atoms with E-state index in [0.29, 0.717) is 15.7 Å². The molecule has 2 aromatic rings. The molecule has 0 spiro atoms. The molecule has 2 heterocycles. The summed E-state index contributed by atoms with van der Waals surface area (Å²) in [6.07, 6.45) is 2.99. The summed E-state index contributed by atoms with van der Waals surface area (Å²) in [6, 6.07) is 4.57. The van der Waals surface area contributed by atoms with Crippen LogP contribution in [0.1, 0.15) is 10.5 Å². The van der Waals surface area contributed by atoms with E-state index in [1.165, 1.54) is 30.2 Å². The predicted molar refractivity (Wildman–Crippen MR) is 61.8 cm³/mol. The Kier molecular flexibility index (Phi) is 3.20. The highest BCUT2D eigenvalue weighted by molar-refractivity contribution is 7.99. The number of aromatic nitrogens is 3. The number of carboxylic acid groups (broad SMARTS) is 1. The Morgan fingerprint density at radius 2 is 2.18 bits per heavy atom. The van der Waals surface area contributed by atoms with Gasteiger partial charge < -0.3 is 10.8 Å². The molecule has 0 saturated heterocycles. The summed E-state index contributed by atoms with van der Waals surface area (Å²) in [5, 5.41) is 9.90. The number of nitrogens with two attached hydrogens (primary N) is 1. The largest absolute Gasteiger partial charge is 0.477 e. The Hall–Kier alpha value is -2.15. The lowest BCUT2D eigenvalue weighted by atomic mass is 10.3. The number of nitrogen functional groups attached to an aromatic ring is 1. The summed E-state index contributed by atoms with van der Waals surface area (Å²) in [4.78, 5) is 22.5. The second-order valence-electron chi connectivity index (χ2n) is 3.05. The summed E-state index contributed by atoms with van der Waals surface area (Å²) in [5.41, 5.74) is 6.09. The molecule has 7 heteroatoms. The number of pyridine rings is 1. The number of carboxylic acids is 1. The fraction of sp³-hybridized carbons (Fsp3) is 0. The Balaban J connectivity index is 2.32. The average molecular weight is 248 g/mol. The van der Waals surface area contributed by atoms with Crippen molar-refractivity contribution in [3.05, 3.63) is 36.4 Å². The van der Waals surface area contributed by atoms with Crippen molar-refractivity contribution in [3.63, 3.8) is 0 Å². The van der Waals surface area contributed by atoms with E-state index < -0.39 is 5.97 Å². The summed E-state index contributed by atoms with van der Waals surface area (Å²) < 4.78 is 0. The number of aromatic carboxylic acids is 1. The van der Waals surface area contributed by atoms with Crippen molar-refractivity contribution in [3.8, 4) is 0 Å². The molecule has 17 heavy (non-hydrogen) atoms. The van der Waals surface area contributed by atoms with Gasteiger partial charge >= 0.3 is 5.97 Å². The van der Waals surface area contributed by atoms with Gasteiger partial charge in [0, 0.05) is 6.20 Å². The minimum absolute atomic E-state index is 0.0456. The predicted octanol–water partition coefficient (Wildman–Crippen LogP) is 1.30. The Morgan fingerprint density at radius 1 is 1.35 bits per heavy atom. The van der Waals surface area contributed by atoms with Gasteiger partial charge in [0.25, 0.3) is 0 Å². The fourth-order valence-electron chi connectivity index (χ4n) is 1.09. The zero-order valence-electron chi connectivity index (χ0n) is 8.57. The Labute approximate surface area is 101 Å². The van der Waals surface area contributed by atoms with E-state index in [9.17, 15) is 4.79 Å². The molecule has 0 amide bonds. The molecule has 0 aliphatic heterocycles. The standard InChI is InChI=1S/C10H8N4O2S/c11-6-1-2-7(10(15)16)14-9(6)17-8-3-4-12-5-13-8/h1-5H,11H2,(H,15,16). The van der Waals surface area contributed by atoms with E-state index in [-0.39, 0.29) is 5.69 Å². The van der Waals surface area contributed by atoms with Crippen LogP contribution in [-0.4, -0.2) is 26.0 Å². The van der Waals surface area contributed by atoms with Gasteiger partial charge in [-0.25, -0.2) is 19.7 Å². The molecular formula is C10H8N4O2S. The van der Waals surface area contributed by atoms with Gasteiger partial charge in [0.15, 0.2) is 0 Å². The lowest BCUT2D eigenvalue weighted by Crippen LogP contribution is -2.03. The number of hydrogen-bond donors (Lipinski definition) is 2. The van der Waals surface area contributed by atoms with Crippen molar-refractivity contribution in [1.29, 1.82) is 0 Å². The molecule has 0 unspecified atom stereocenters. The summed E-state index contributed by atoms with van der Waals surface area (Å²) in [5.74, 6) is -1.09. The number of rotatable bonds is 3. The minimum atomic E-state index is -1.09. The zero-order valence-corrected chi connectivity index (χ0v) is 9.39. The quantitative estimate of drug-likeness (QED) is 0.789. The highest BCUT2D eigenvalue weighted by atomic mass is 32.2. The SMILES string of the molecule is Nc1ccc(C(=O)O)nc1Sc1ccncn1. The first-order valence-electron chi connectivity index (χ1n) is 4.60. The lowest BCUT2D eigenvalue weighted by molar-refractivity contribution is 0.0690. The fourth-order valence-corrected chi connectivity index (χ4v) is 1.85. The van der Waals surface area contributed by atoms with E-state index in [1.807, 2.05) is 0 Å². The third-order valence-electron chi connectivity index (χ3n) is 1.86. The molecular weight excluding hydrogens is 240 g/mol. The van der Waals surface area contributed by atoms with Gasteiger partial charge in [-0.2, -0.15) is 0 Å². The van der Waals surface area contributed by atoms with Crippen molar-refractivity contribution < 1.29 is 9.90 Å². The van der Waals surface area contributed by atoms with Gasteiger partial charge in [-0.1, -0.05) is 0 Å². The highest BCUT2D eigenvalue weighted by Gasteiger charge is 2.10. The summed E-state index contributed by atoms with van der Waals surface area (Å²) in [6.45, 7) is 0. The van der Waals surface area contributed by atoms with Crippen LogP contribution in [0.2, 0.25) is 0 Å². The van der Waals surface area contributed by atoms with Crippen molar-refractivity contribution in [1.82, 2.24) is 15.0 Å². The third kappa shape index (κ3) is 2.70. The van der Waals surface area contributed by atoms with Crippen LogP contribution in [0.3, 0.4) is 0 Å². The van der Waals surface area contributed by atoms with Crippen LogP contribution in [0.15, 0.2) is 40.8 Å². The lowest BCUT2D eigenvalue weighted by Gasteiger charge is -2.04. The zero-order chi connectivity index (χ0) is 12.3. The topological polar surface area (TPSA) is 102 Å². The number of hydrogen-bond acceptors (Lipinski definition) is 6. The van der Waals surface area contributed by atoms with Crippen LogP contribution in [-0.2, 0) is 0 Å². The molecule has 0 fully saturated rings. The summed E-state index contributed by atoms with van der Waals surface area (Å²) in [7, 11) is 0. The van der Waals surface area contributed by atoms with E-state index in [4.69, 9.17) is 10.8 Å². The first kappa shape index (κ1) is 11.3.